The van der Waals surface area contributed by atoms with Crippen LogP contribution in [0.4, 0.5) is 15.1 Å². The molecule has 0 radical (unpaired) electrons. The molecule has 0 N–H and O–H groups in total. The summed E-state index contributed by atoms with van der Waals surface area (Å²) in [4.78, 5) is 41.1. The molecule has 8 nitrogen and oxygen atoms in total. The van der Waals surface area contributed by atoms with Crippen LogP contribution in [0.5, 0.6) is 5.75 Å². The van der Waals surface area contributed by atoms with E-state index in [1.54, 1.807) is 19.4 Å². The Balaban J connectivity index is 1.28. The molecule has 1 aromatic heterocycles. The van der Waals surface area contributed by atoms with E-state index in [0.717, 1.165) is 11.1 Å². The first-order valence-electron chi connectivity index (χ1n) is 13.1. The molecule has 2 saturated heterocycles. The van der Waals surface area contributed by atoms with Gasteiger partial charge >= 0.3 is 6.09 Å². The summed E-state index contributed by atoms with van der Waals surface area (Å²) >= 11 is 6.12. The van der Waals surface area contributed by atoms with E-state index in [2.05, 4.69) is 14.9 Å². The van der Waals surface area contributed by atoms with E-state index in [9.17, 15) is 14.0 Å². The molecule has 0 spiro atoms. The second kappa shape index (κ2) is 11.6. The molecular weight excluding hydrogens is 521 g/mol. The number of rotatable bonds is 5. The quantitative estimate of drug-likeness (QED) is 0.448. The number of ether oxygens (including phenoxy) is 1. The molecule has 10 heteroatoms. The normalized spacial score (nSPS) is 19.7. The number of likely N-dealkylation sites (tertiary alicyclic amines) is 1. The Bertz CT molecular complexity index is 1300. The molecule has 2 fully saturated rings. The number of carbonyl (C=O) groups is 2. The number of aryl methyl sites for hydroxylation is 1. The molecule has 2 aliphatic heterocycles. The Morgan fingerprint density at radius 1 is 1.00 bits per heavy atom. The summed E-state index contributed by atoms with van der Waals surface area (Å²) in [6.45, 7) is 4.25. The van der Waals surface area contributed by atoms with Crippen molar-refractivity contribution in [1.82, 2.24) is 19.8 Å². The van der Waals surface area contributed by atoms with Crippen molar-refractivity contribution >= 4 is 29.5 Å². The molecule has 2 amide bonds. The standard InChI is InChI=1S/C29H31ClFN5O3/c1-19-15-32-28(33-16-19)35-13-11-21(12-14-35)27(37)36-17-25(20-3-5-22(30)6-4-20)26(18-36)34(2)29(38)39-24-9-7-23(31)8-10-24/h3-10,15-16,21,25-26H,11-14,17-18H2,1-2H3/t25-,26+/m0/s1. The lowest BCUT2D eigenvalue weighted by atomic mass is 9.93. The molecule has 2 atom stereocenters. The molecule has 3 heterocycles. The van der Waals surface area contributed by atoms with Gasteiger partial charge in [-0.05, 0) is 67.3 Å². The zero-order chi connectivity index (χ0) is 27.5. The fourth-order valence-corrected chi connectivity index (χ4v) is 5.47. The van der Waals surface area contributed by atoms with Gasteiger partial charge in [0.15, 0.2) is 0 Å². The van der Waals surface area contributed by atoms with Crippen molar-refractivity contribution in [2.24, 2.45) is 5.92 Å². The monoisotopic (exact) mass is 551 g/mol. The number of piperidine rings is 1. The summed E-state index contributed by atoms with van der Waals surface area (Å²) < 4.78 is 18.8. The van der Waals surface area contributed by atoms with Crippen LogP contribution < -0.4 is 9.64 Å². The first kappa shape index (κ1) is 26.9. The lowest BCUT2D eigenvalue weighted by molar-refractivity contribution is -0.135. The van der Waals surface area contributed by atoms with Crippen LogP contribution in [-0.4, -0.2) is 71.0 Å². The van der Waals surface area contributed by atoms with Crippen LogP contribution in [0, 0.1) is 18.7 Å². The fraction of sp³-hybridized carbons (Fsp3) is 0.379. The van der Waals surface area contributed by atoms with Crippen LogP contribution in [-0.2, 0) is 4.79 Å². The third-order valence-corrected chi connectivity index (χ3v) is 7.85. The zero-order valence-corrected chi connectivity index (χ0v) is 22.7. The minimum Gasteiger partial charge on any atom is -0.410 e. The van der Waals surface area contributed by atoms with Gasteiger partial charge in [0.2, 0.25) is 11.9 Å². The zero-order valence-electron chi connectivity index (χ0n) is 22.0. The Morgan fingerprint density at radius 3 is 2.28 bits per heavy atom. The maximum absolute atomic E-state index is 13.7. The number of carbonyl (C=O) groups excluding carboxylic acids is 2. The number of hydrogen-bond acceptors (Lipinski definition) is 6. The van der Waals surface area contributed by atoms with Crippen molar-refractivity contribution in [2.45, 2.75) is 31.7 Å². The average Bonchev–Trinajstić information content (AvgIpc) is 3.40. The summed E-state index contributed by atoms with van der Waals surface area (Å²) in [6, 6.07) is 12.5. The van der Waals surface area contributed by atoms with Crippen LogP contribution in [0.15, 0.2) is 60.9 Å². The van der Waals surface area contributed by atoms with Gasteiger partial charge in [0.05, 0.1) is 6.04 Å². The second-order valence-corrected chi connectivity index (χ2v) is 10.7. The van der Waals surface area contributed by atoms with Gasteiger partial charge in [-0.25, -0.2) is 19.2 Å². The number of benzene rings is 2. The maximum atomic E-state index is 13.7. The summed E-state index contributed by atoms with van der Waals surface area (Å²) in [5.41, 5.74) is 2.00. The van der Waals surface area contributed by atoms with Gasteiger partial charge in [0.25, 0.3) is 0 Å². The highest BCUT2D eigenvalue weighted by Crippen LogP contribution is 2.34. The topological polar surface area (TPSA) is 78.9 Å². The number of halogens is 2. The van der Waals surface area contributed by atoms with Gasteiger partial charge in [0.1, 0.15) is 11.6 Å². The van der Waals surface area contributed by atoms with Gasteiger partial charge in [-0.1, -0.05) is 23.7 Å². The summed E-state index contributed by atoms with van der Waals surface area (Å²) in [5, 5.41) is 0.620. The van der Waals surface area contributed by atoms with Crippen molar-refractivity contribution in [1.29, 1.82) is 0 Å². The molecule has 3 aromatic rings. The Morgan fingerprint density at radius 2 is 1.64 bits per heavy atom. The van der Waals surface area contributed by atoms with E-state index in [4.69, 9.17) is 16.3 Å². The van der Waals surface area contributed by atoms with Crippen molar-refractivity contribution < 1.29 is 18.7 Å². The summed E-state index contributed by atoms with van der Waals surface area (Å²) in [6.07, 6.45) is 4.47. The predicted molar refractivity (Wildman–Crippen MR) is 146 cm³/mol. The SMILES string of the molecule is Cc1cnc(N2CCC(C(=O)N3C[C@@H](N(C)C(=O)Oc4ccc(F)cc4)[C@H](c4ccc(Cl)cc4)C3)CC2)nc1. The van der Waals surface area contributed by atoms with Gasteiger partial charge < -0.3 is 19.4 Å². The lowest BCUT2D eigenvalue weighted by Gasteiger charge is -2.33. The number of nitrogens with zero attached hydrogens (tertiary/aromatic N) is 5. The molecule has 2 aromatic carbocycles. The van der Waals surface area contributed by atoms with Crippen LogP contribution in [0.2, 0.25) is 5.02 Å². The molecular formula is C29H31ClFN5O3. The minimum absolute atomic E-state index is 0.0984. The molecule has 0 aliphatic carbocycles. The van der Waals surface area contributed by atoms with Crippen LogP contribution >= 0.6 is 11.6 Å². The minimum atomic E-state index is -0.564. The van der Waals surface area contributed by atoms with Gasteiger partial charge in [-0.15, -0.1) is 0 Å². The molecule has 39 heavy (non-hydrogen) atoms. The fourth-order valence-electron chi connectivity index (χ4n) is 5.34. The largest absolute Gasteiger partial charge is 0.415 e. The first-order valence-corrected chi connectivity index (χ1v) is 13.4. The van der Waals surface area contributed by atoms with Gasteiger partial charge in [-0.3, -0.25) is 4.79 Å². The van der Waals surface area contributed by atoms with Crippen LogP contribution in [0.25, 0.3) is 0 Å². The number of anilines is 1. The molecule has 5 rings (SSSR count). The second-order valence-electron chi connectivity index (χ2n) is 10.2. The third kappa shape index (κ3) is 6.14. The molecule has 0 bridgehead atoms. The van der Waals surface area contributed by atoms with E-state index in [0.29, 0.717) is 50.0 Å². The van der Waals surface area contributed by atoms with Crippen molar-refractivity contribution in [3.05, 3.63) is 82.9 Å². The van der Waals surface area contributed by atoms with Crippen molar-refractivity contribution in [2.75, 3.05) is 38.1 Å². The first-order chi connectivity index (χ1) is 18.8. The number of hydrogen-bond donors (Lipinski definition) is 0. The number of amides is 2. The Labute approximate surface area is 232 Å². The predicted octanol–water partition coefficient (Wildman–Crippen LogP) is 4.92. The maximum Gasteiger partial charge on any atom is 0.415 e. The van der Waals surface area contributed by atoms with Crippen LogP contribution in [0.1, 0.15) is 29.9 Å². The molecule has 2 aliphatic rings. The van der Waals surface area contributed by atoms with Gasteiger partial charge in [0, 0.05) is 62.5 Å². The Hall–Kier alpha value is -3.72. The summed E-state index contributed by atoms with van der Waals surface area (Å²) in [5.74, 6) is 0.420. The van der Waals surface area contributed by atoms with E-state index < -0.39 is 11.9 Å². The Kier molecular flexibility index (Phi) is 7.97. The van der Waals surface area contributed by atoms with Crippen LogP contribution in [0.3, 0.4) is 0 Å². The molecule has 0 unspecified atom stereocenters. The number of aromatic nitrogens is 2. The average molecular weight is 552 g/mol. The van der Waals surface area contributed by atoms with Gasteiger partial charge in [-0.2, -0.15) is 0 Å². The van der Waals surface area contributed by atoms with E-state index in [1.807, 2.05) is 36.1 Å². The van der Waals surface area contributed by atoms with E-state index in [1.165, 1.54) is 29.2 Å². The van der Waals surface area contributed by atoms with E-state index in [-0.39, 0.29) is 29.5 Å². The highest BCUT2D eigenvalue weighted by Gasteiger charge is 2.42. The highest BCUT2D eigenvalue weighted by molar-refractivity contribution is 6.30. The summed E-state index contributed by atoms with van der Waals surface area (Å²) in [7, 11) is 1.67. The third-order valence-electron chi connectivity index (χ3n) is 7.60. The van der Waals surface area contributed by atoms with E-state index >= 15 is 0 Å². The smallest absolute Gasteiger partial charge is 0.410 e. The molecule has 204 valence electrons. The number of likely N-dealkylation sites (N-methyl/N-ethyl adjacent to an activating group) is 1. The molecule has 0 saturated carbocycles. The van der Waals surface area contributed by atoms with Crippen molar-refractivity contribution in [3.63, 3.8) is 0 Å². The lowest BCUT2D eigenvalue weighted by Crippen LogP contribution is -2.45. The van der Waals surface area contributed by atoms with Crippen molar-refractivity contribution in [3.8, 4) is 5.75 Å². The highest BCUT2D eigenvalue weighted by atomic mass is 35.5.